The summed E-state index contributed by atoms with van der Waals surface area (Å²) in [7, 11) is 0. The maximum atomic E-state index is 12.7. The van der Waals surface area contributed by atoms with E-state index in [2.05, 4.69) is 27.0 Å². The number of furan rings is 1. The molecule has 2 bridgehead atoms. The van der Waals surface area contributed by atoms with Gasteiger partial charge in [0.15, 0.2) is 22.4 Å². The number of nitrogens with one attached hydrogen (secondary N) is 1. The molecule has 8 nitrogen and oxygen atoms in total. The third-order valence-electron chi connectivity index (χ3n) is 7.21. The normalized spacial score (nSPS) is 23.7. The molecule has 3 aliphatic rings. The van der Waals surface area contributed by atoms with Gasteiger partial charge in [-0.25, -0.2) is 0 Å². The number of amides is 1. The predicted molar refractivity (Wildman–Crippen MR) is 123 cm³/mol. The zero-order valence-corrected chi connectivity index (χ0v) is 19.2. The lowest BCUT2D eigenvalue weighted by atomic mass is 9.84. The molecule has 33 heavy (non-hydrogen) atoms. The van der Waals surface area contributed by atoms with Gasteiger partial charge in [0.2, 0.25) is 18.5 Å². The number of aromatic nitrogens is 3. The van der Waals surface area contributed by atoms with Crippen molar-refractivity contribution >= 4 is 23.4 Å². The molecule has 6 rings (SSSR count). The molecule has 2 fully saturated rings. The highest BCUT2D eigenvalue weighted by atomic mass is 32.2. The summed E-state index contributed by atoms with van der Waals surface area (Å²) >= 11 is 1.40. The average molecular weight is 467 g/mol. The number of carbonyl (C=O) groups excluding carboxylic acids is 1. The first-order valence-corrected chi connectivity index (χ1v) is 12.5. The highest BCUT2D eigenvalue weighted by Gasteiger charge is 2.43. The Morgan fingerprint density at radius 1 is 1.21 bits per heavy atom. The molecule has 0 unspecified atom stereocenters. The fourth-order valence-electron chi connectivity index (χ4n) is 5.69. The fourth-order valence-corrected chi connectivity index (χ4v) is 6.52. The zero-order chi connectivity index (χ0) is 22.4. The Kier molecular flexibility index (Phi) is 5.28. The van der Waals surface area contributed by atoms with Crippen LogP contribution in [0.15, 0.2) is 46.2 Å². The molecule has 0 spiro atoms. The van der Waals surface area contributed by atoms with Gasteiger partial charge in [0, 0.05) is 17.8 Å². The first-order chi connectivity index (χ1) is 16.2. The van der Waals surface area contributed by atoms with Crippen LogP contribution in [0.3, 0.4) is 0 Å². The standard InChI is InChI=1S/C24H26N4O4S/c1-14(18-10-15-4-5-16(18)9-15)28-23(20-3-2-8-30-20)26-27-24(28)33-12-22(29)25-17-6-7-19-21(11-17)32-13-31-19/h2-3,6-8,11,14-16,18H,4-5,9-10,12-13H2,1H3,(H,25,29)/t14-,15-,16-,18+/m0/s1. The summed E-state index contributed by atoms with van der Waals surface area (Å²) in [4.78, 5) is 12.7. The minimum atomic E-state index is -0.111. The molecule has 9 heteroatoms. The number of hydrogen-bond acceptors (Lipinski definition) is 7. The smallest absolute Gasteiger partial charge is 0.234 e. The van der Waals surface area contributed by atoms with E-state index in [1.165, 1.54) is 37.4 Å². The molecule has 1 aliphatic heterocycles. The van der Waals surface area contributed by atoms with Crippen molar-refractivity contribution in [3.05, 3.63) is 36.6 Å². The van der Waals surface area contributed by atoms with Gasteiger partial charge in [-0.05, 0) is 68.2 Å². The van der Waals surface area contributed by atoms with Crippen LogP contribution in [0.2, 0.25) is 0 Å². The van der Waals surface area contributed by atoms with E-state index < -0.39 is 0 Å². The van der Waals surface area contributed by atoms with Crippen molar-refractivity contribution in [2.75, 3.05) is 17.9 Å². The largest absolute Gasteiger partial charge is 0.461 e. The monoisotopic (exact) mass is 466 g/mol. The lowest BCUT2D eigenvalue weighted by molar-refractivity contribution is -0.113. The maximum Gasteiger partial charge on any atom is 0.234 e. The maximum absolute atomic E-state index is 12.7. The average Bonchev–Trinajstić information content (AvgIpc) is 3.64. The molecule has 3 aromatic rings. The summed E-state index contributed by atoms with van der Waals surface area (Å²) in [6, 6.07) is 9.41. The third kappa shape index (κ3) is 3.88. The summed E-state index contributed by atoms with van der Waals surface area (Å²) in [5.41, 5.74) is 0.679. The van der Waals surface area contributed by atoms with E-state index in [-0.39, 0.29) is 24.5 Å². The van der Waals surface area contributed by atoms with Crippen molar-refractivity contribution in [3.63, 3.8) is 0 Å². The van der Waals surface area contributed by atoms with Crippen molar-refractivity contribution < 1.29 is 18.7 Å². The second-order valence-electron chi connectivity index (χ2n) is 9.14. The second kappa shape index (κ2) is 8.44. The molecule has 2 aliphatic carbocycles. The quantitative estimate of drug-likeness (QED) is 0.490. The van der Waals surface area contributed by atoms with E-state index in [9.17, 15) is 4.79 Å². The lowest BCUT2D eigenvalue weighted by Crippen LogP contribution is -2.23. The number of anilines is 1. The molecular weight excluding hydrogens is 440 g/mol. The predicted octanol–water partition coefficient (Wildman–Crippen LogP) is 4.99. The summed E-state index contributed by atoms with van der Waals surface area (Å²) in [5.74, 6) is 5.12. The molecule has 0 radical (unpaired) electrons. The number of carbonyl (C=O) groups is 1. The van der Waals surface area contributed by atoms with Crippen LogP contribution in [-0.4, -0.2) is 33.2 Å². The Balaban J connectivity index is 1.19. The van der Waals surface area contributed by atoms with E-state index in [0.717, 1.165) is 22.8 Å². The number of rotatable bonds is 7. The number of ether oxygens (including phenoxy) is 2. The SMILES string of the molecule is C[C@@H]([C@H]1C[C@H]2CC[C@H]1C2)n1c(SCC(=O)Nc2ccc3c(c2)OCO3)nnc1-c1ccco1. The number of nitrogens with zero attached hydrogens (tertiary/aromatic N) is 3. The summed E-state index contributed by atoms with van der Waals surface area (Å²) in [5, 5.41) is 12.6. The van der Waals surface area contributed by atoms with Crippen LogP contribution in [-0.2, 0) is 4.79 Å². The van der Waals surface area contributed by atoms with Gasteiger partial charge >= 0.3 is 0 Å². The summed E-state index contributed by atoms with van der Waals surface area (Å²) in [6.45, 7) is 2.47. The zero-order valence-electron chi connectivity index (χ0n) is 18.4. The molecule has 4 atom stereocenters. The number of benzene rings is 1. The van der Waals surface area contributed by atoms with Gasteiger partial charge < -0.3 is 19.2 Å². The Morgan fingerprint density at radius 3 is 2.91 bits per heavy atom. The third-order valence-corrected chi connectivity index (χ3v) is 8.16. The second-order valence-corrected chi connectivity index (χ2v) is 10.1. The van der Waals surface area contributed by atoms with Gasteiger partial charge in [0.1, 0.15) is 0 Å². The molecule has 2 saturated carbocycles. The minimum Gasteiger partial charge on any atom is -0.461 e. The molecule has 1 amide bonds. The Labute approximate surface area is 196 Å². The number of fused-ring (bicyclic) bond motifs is 3. The van der Waals surface area contributed by atoms with Gasteiger partial charge in [-0.1, -0.05) is 18.2 Å². The van der Waals surface area contributed by atoms with Gasteiger partial charge in [0.05, 0.1) is 12.0 Å². The molecule has 0 saturated heterocycles. The van der Waals surface area contributed by atoms with Crippen LogP contribution in [0.25, 0.3) is 11.6 Å². The van der Waals surface area contributed by atoms with E-state index in [1.807, 2.05) is 18.2 Å². The first-order valence-electron chi connectivity index (χ1n) is 11.5. The number of hydrogen-bond donors (Lipinski definition) is 1. The van der Waals surface area contributed by atoms with Crippen LogP contribution in [0.5, 0.6) is 11.5 Å². The van der Waals surface area contributed by atoms with Crippen molar-refractivity contribution in [2.45, 2.75) is 43.8 Å². The minimum absolute atomic E-state index is 0.111. The van der Waals surface area contributed by atoms with Crippen molar-refractivity contribution in [1.29, 1.82) is 0 Å². The van der Waals surface area contributed by atoms with Crippen LogP contribution in [0.1, 0.15) is 38.6 Å². The molecule has 1 N–H and O–H groups in total. The van der Waals surface area contributed by atoms with Gasteiger partial charge in [0.25, 0.3) is 0 Å². The van der Waals surface area contributed by atoms with Crippen LogP contribution < -0.4 is 14.8 Å². The Hall–Kier alpha value is -2.94. The highest BCUT2D eigenvalue weighted by Crippen LogP contribution is 2.53. The highest BCUT2D eigenvalue weighted by molar-refractivity contribution is 7.99. The van der Waals surface area contributed by atoms with Gasteiger partial charge in [-0.15, -0.1) is 10.2 Å². The lowest BCUT2D eigenvalue weighted by Gasteiger charge is -2.30. The molecular formula is C24H26N4O4S. The molecule has 172 valence electrons. The van der Waals surface area contributed by atoms with Crippen molar-refractivity contribution in [3.8, 4) is 23.1 Å². The first kappa shape index (κ1) is 20.7. The van der Waals surface area contributed by atoms with Crippen LogP contribution in [0, 0.1) is 17.8 Å². The van der Waals surface area contributed by atoms with Gasteiger partial charge in [-0.3, -0.25) is 9.36 Å². The molecule has 1 aromatic carbocycles. The van der Waals surface area contributed by atoms with Gasteiger partial charge in [-0.2, -0.15) is 0 Å². The van der Waals surface area contributed by atoms with E-state index >= 15 is 0 Å². The summed E-state index contributed by atoms with van der Waals surface area (Å²) in [6.07, 6.45) is 6.94. The van der Waals surface area contributed by atoms with E-state index in [4.69, 9.17) is 13.9 Å². The van der Waals surface area contributed by atoms with E-state index in [0.29, 0.717) is 28.9 Å². The Bertz CT molecular complexity index is 1160. The molecule has 3 heterocycles. The van der Waals surface area contributed by atoms with Crippen LogP contribution >= 0.6 is 11.8 Å². The summed E-state index contributed by atoms with van der Waals surface area (Å²) < 4.78 is 18.6. The Morgan fingerprint density at radius 2 is 2.12 bits per heavy atom. The molecule has 2 aromatic heterocycles. The number of thioether (sulfide) groups is 1. The van der Waals surface area contributed by atoms with Crippen LogP contribution in [0.4, 0.5) is 5.69 Å². The van der Waals surface area contributed by atoms with Crippen molar-refractivity contribution in [1.82, 2.24) is 14.8 Å². The fraction of sp³-hybridized carbons (Fsp3) is 0.458. The van der Waals surface area contributed by atoms with E-state index in [1.54, 1.807) is 18.4 Å². The topological polar surface area (TPSA) is 91.4 Å². The van der Waals surface area contributed by atoms with Crippen molar-refractivity contribution in [2.24, 2.45) is 17.8 Å².